The predicted molar refractivity (Wildman–Crippen MR) is 101 cm³/mol. The standard InChI is InChI=1S/C20H21N3O5/c24-18(15-7-3-1-4-8-15)27-22-20(21-17-11-13-26-14-12-17)23-28-19(25)16-9-5-2-6-10-16/h1-10,17H,11-14H2,(H2,21,22,23). The van der Waals surface area contributed by atoms with Crippen LogP contribution in [0.3, 0.4) is 0 Å². The lowest BCUT2D eigenvalue weighted by molar-refractivity contribution is 0.0272. The number of carbonyl (C=O) groups is 2. The molecule has 8 nitrogen and oxygen atoms in total. The first-order chi connectivity index (χ1) is 13.7. The summed E-state index contributed by atoms with van der Waals surface area (Å²) in [6.07, 6.45) is 1.43. The number of benzene rings is 2. The Morgan fingerprint density at radius 1 is 0.821 bits per heavy atom. The average molecular weight is 383 g/mol. The number of nitrogens with zero attached hydrogens (tertiary/aromatic N) is 1. The second-order valence-corrected chi connectivity index (χ2v) is 6.04. The van der Waals surface area contributed by atoms with Crippen LogP contribution in [0.4, 0.5) is 0 Å². The molecule has 3 rings (SSSR count). The van der Waals surface area contributed by atoms with Crippen LogP contribution in [0.2, 0.25) is 0 Å². The molecule has 1 heterocycles. The fraction of sp³-hybridized carbons (Fsp3) is 0.250. The van der Waals surface area contributed by atoms with Gasteiger partial charge >= 0.3 is 11.9 Å². The van der Waals surface area contributed by atoms with E-state index in [2.05, 4.69) is 16.0 Å². The van der Waals surface area contributed by atoms with Gasteiger partial charge in [-0.2, -0.15) is 11.0 Å². The van der Waals surface area contributed by atoms with E-state index in [0.29, 0.717) is 37.2 Å². The maximum absolute atomic E-state index is 12.1. The van der Waals surface area contributed by atoms with Crippen molar-refractivity contribution >= 4 is 17.9 Å². The van der Waals surface area contributed by atoms with E-state index >= 15 is 0 Å². The third-order valence-electron chi connectivity index (χ3n) is 4.00. The zero-order valence-corrected chi connectivity index (χ0v) is 15.2. The highest BCUT2D eigenvalue weighted by Gasteiger charge is 2.16. The largest absolute Gasteiger partial charge is 0.381 e. The molecule has 0 spiro atoms. The number of hydroxylamine groups is 2. The Balaban J connectivity index is 1.62. The highest BCUT2D eigenvalue weighted by Crippen LogP contribution is 2.10. The second kappa shape index (κ2) is 10.1. The van der Waals surface area contributed by atoms with E-state index in [4.69, 9.17) is 14.4 Å². The van der Waals surface area contributed by atoms with Crippen LogP contribution < -0.4 is 11.0 Å². The first-order valence-electron chi connectivity index (χ1n) is 8.92. The zero-order chi connectivity index (χ0) is 19.6. The summed E-state index contributed by atoms with van der Waals surface area (Å²) >= 11 is 0. The van der Waals surface area contributed by atoms with E-state index < -0.39 is 11.9 Å². The molecule has 2 N–H and O–H groups in total. The van der Waals surface area contributed by atoms with Crippen LogP contribution in [0, 0.1) is 0 Å². The van der Waals surface area contributed by atoms with E-state index in [1.54, 1.807) is 60.7 Å². The monoisotopic (exact) mass is 383 g/mol. The van der Waals surface area contributed by atoms with Crippen molar-refractivity contribution in [2.45, 2.75) is 18.9 Å². The summed E-state index contributed by atoms with van der Waals surface area (Å²) in [7, 11) is 0. The van der Waals surface area contributed by atoms with Crippen LogP contribution in [0.1, 0.15) is 33.6 Å². The highest BCUT2D eigenvalue weighted by atomic mass is 16.7. The van der Waals surface area contributed by atoms with Crippen molar-refractivity contribution < 1.29 is 24.0 Å². The molecule has 146 valence electrons. The molecule has 0 amide bonds. The number of ether oxygens (including phenoxy) is 1. The topological polar surface area (TPSA) is 98.2 Å². The minimum atomic E-state index is -0.587. The number of hydrogen-bond donors (Lipinski definition) is 2. The Morgan fingerprint density at radius 2 is 1.29 bits per heavy atom. The van der Waals surface area contributed by atoms with Gasteiger partial charge in [0.25, 0.3) is 5.96 Å². The van der Waals surface area contributed by atoms with E-state index in [9.17, 15) is 9.59 Å². The van der Waals surface area contributed by atoms with Crippen molar-refractivity contribution in [1.82, 2.24) is 11.0 Å². The predicted octanol–water partition coefficient (Wildman–Crippen LogP) is 2.24. The molecule has 1 saturated heterocycles. The second-order valence-electron chi connectivity index (χ2n) is 6.04. The molecule has 0 aromatic heterocycles. The van der Waals surface area contributed by atoms with E-state index in [-0.39, 0.29) is 12.0 Å². The molecule has 0 bridgehead atoms. The Kier molecular flexibility index (Phi) is 6.97. The number of carbonyl (C=O) groups excluding carboxylic acids is 2. The number of guanidine groups is 1. The van der Waals surface area contributed by atoms with E-state index in [1.165, 1.54) is 0 Å². The minimum absolute atomic E-state index is 0.0282. The maximum atomic E-state index is 12.1. The summed E-state index contributed by atoms with van der Waals surface area (Å²) in [4.78, 5) is 38.8. The van der Waals surface area contributed by atoms with Crippen molar-refractivity contribution in [2.75, 3.05) is 13.2 Å². The Morgan fingerprint density at radius 3 is 1.75 bits per heavy atom. The van der Waals surface area contributed by atoms with Crippen molar-refractivity contribution in [3.05, 3.63) is 71.8 Å². The van der Waals surface area contributed by atoms with Crippen molar-refractivity contribution in [3.63, 3.8) is 0 Å². The Bertz CT molecular complexity index is 748. The SMILES string of the molecule is O=C(ONC(=NC1CCOCC1)NOC(=O)c1ccccc1)c1ccccc1. The molecule has 28 heavy (non-hydrogen) atoms. The smallest absolute Gasteiger partial charge is 0.362 e. The summed E-state index contributed by atoms with van der Waals surface area (Å²) in [6.45, 7) is 1.18. The molecule has 8 heteroatoms. The van der Waals surface area contributed by atoms with Gasteiger partial charge in [-0.15, -0.1) is 0 Å². The van der Waals surface area contributed by atoms with Gasteiger partial charge in [0.05, 0.1) is 17.2 Å². The van der Waals surface area contributed by atoms with Gasteiger partial charge in [0.2, 0.25) is 0 Å². The fourth-order valence-electron chi connectivity index (χ4n) is 2.53. The summed E-state index contributed by atoms with van der Waals surface area (Å²) in [5, 5.41) is 0. The third-order valence-corrected chi connectivity index (χ3v) is 4.00. The van der Waals surface area contributed by atoms with Gasteiger partial charge in [-0.25, -0.2) is 14.6 Å². The van der Waals surface area contributed by atoms with Crippen molar-refractivity contribution in [2.24, 2.45) is 4.99 Å². The molecule has 2 aromatic rings. The molecule has 1 aliphatic heterocycles. The van der Waals surface area contributed by atoms with Gasteiger partial charge in [0, 0.05) is 13.2 Å². The lowest BCUT2D eigenvalue weighted by Gasteiger charge is -2.20. The van der Waals surface area contributed by atoms with Gasteiger partial charge in [0.15, 0.2) is 0 Å². The van der Waals surface area contributed by atoms with Gasteiger partial charge in [-0.3, -0.25) is 0 Å². The summed E-state index contributed by atoms with van der Waals surface area (Å²) in [6, 6.07) is 17.0. The quantitative estimate of drug-likeness (QED) is 0.476. The Labute approximate surface area is 162 Å². The fourth-order valence-corrected chi connectivity index (χ4v) is 2.53. The van der Waals surface area contributed by atoms with Gasteiger partial charge < -0.3 is 14.4 Å². The van der Waals surface area contributed by atoms with Crippen LogP contribution >= 0.6 is 0 Å². The molecule has 1 fully saturated rings. The lowest BCUT2D eigenvalue weighted by atomic mass is 10.1. The molecular weight excluding hydrogens is 362 g/mol. The number of rotatable bonds is 3. The van der Waals surface area contributed by atoms with Gasteiger partial charge in [-0.05, 0) is 37.1 Å². The van der Waals surface area contributed by atoms with Crippen LogP contribution in [0.25, 0.3) is 0 Å². The van der Waals surface area contributed by atoms with Crippen LogP contribution in [-0.2, 0) is 14.4 Å². The molecular formula is C20H21N3O5. The van der Waals surface area contributed by atoms with Gasteiger partial charge in [0.1, 0.15) is 0 Å². The van der Waals surface area contributed by atoms with Gasteiger partial charge in [-0.1, -0.05) is 36.4 Å². The maximum Gasteiger partial charge on any atom is 0.362 e. The Hall–Kier alpha value is -3.39. The molecule has 2 aromatic carbocycles. The van der Waals surface area contributed by atoms with Crippen LogP contribution in [-0.4, -0.2) is 37.2 Å². The average Bonchev–Trinajstić information content (AvgIpc) is 2.77. The highest BCUT2D eigenvalue weighted by molar-refractivity contribution is 5.92. The molecule has 0 aliphatic carbocycles. The first-order valence-corrected chi connectivity index (χ1v) is 8.92. The first kappa shape index (κ1) is 19.4. The van der Waals surface area contributed by atoms with E-state index in [0.717, 1.165) is 0 Å². The lowest BCUT2D eigenvalue weighted by Crippen LogP contribution is -2.41. The molecule has 0 saturated carbocycles. The number of aliphatic imine (C=N–C) groups is 1. The normalized spacial score (nSPS) is 13.9. The summed E-state index contributed by atoms with van der Waals surface area (Å²) in [5.41, 5.74) is 5.64. The minimum Gasteiger partial charge on any atom is -0.381 e. The van der Waals surface area contributed by atoms with Crippen molar-refractivity contribution in [1.29, 1.82) is 0 Å². The number of hydrogen-bond acceptors (Lipinski definition) is 6. The number of nitrogens with one attached hydrogen (secondary N) is 2. The third kappa shape index (κ3) is 5.82. The summed E-state index contributed by atoms with van der Waals surface area (Å²) in [5.74, 6) is -1.15. The molecule has 0 radical (unpaired) electrons. The molecule has 1 aliphatic rings. The zero-order valence-electron chi connectivity index (χ0n) is 15.2. The van der Waals surface area contributed by atoms with Crippen molar-refractivity contribution in [3.8, 4) is 0 Å². The van der Waals surface area contributed by atoms with Crippen LogP contribution in [0.15, 0.2) is 65.7 Å². The molecule has 0 atom stereocenters. The summed E-state index contributed by atoms with van der Waals surface area (Å²) < 4.78 is 5.31. The molecule has 0 unspecified atom stereocenters. The van der Waals surface area contributed by atoms with Crippen LogP contribution in [0.5, 0.6) is 0 Å². The van der Waals surface area contributed by atoms with E-state index in [1.807, 2.05) is 0 Å².